The van der Waals surface area contributed by atoms with Crippen LogP contribution in [-0.2, 0) is 6.54 Å². The molecule has 1 heterocycles. The zero-order valence-electron chi connectivity index (χ0n) is 12.0. The van der Waals surface area contributed by atoms with Gasteiger partial charge in [0, 0.05) is 24.5 Å². The molecule has 0 saturated heterocycles. The van der Waals surface area contributed by atoms with E-state index in [1.807, 2.05) is 0 Å². The summed E-state index contributed by atoms with van der Waals surface area (Å²) >= 11 is 1.74. The summed E-state index contributed by atoms with van der Waals surface area (Å²) in [4.78, 5) is 8.13. The van der Waals surface area contributed by atoms with Gasteiger partial charge < -0.3 is 15.5 Å². The molecule has 1 aromatic rings. The SMILES string of the molecule is CCNC(=NCc1cccs1)NCCN(C)CC.I. The standard InChI is InChI=1S/C13H24N4S.HI/c1-4-14-13(15-8-9-17(3)5-2)16-11-12-7-6-10-18-12;/h6-7,10H,4-5,8-9,11H2,1-3H3,(H2,14,15,16);1H. The number of hydrogen-bond acceptors (Lipinski definition) is 3. The molecule has 0 amide bonds. The zero-order chi connectivity index (χ0) is 13.2. The molecule has 2 N–H and O–H groups in total. The number of hydrogen-bond donors (Lipinski definition) is 2. The number of likely N-dealkylation sites (N-methyl/N-ethyl adjacent to an activating group) is 1. The van der Waals surface area contributed by atoms with E-state index in [4.69, 9.17) is 0 Å². The van der Waals surface area contributed by atoms with Crippen molar-refractivity contribution in [3.8, 4) is 0 Å². The Labute approximate surface area is 137 Å². The molecule has 4 nitrogen and oxygen atoms in total. The van der Waals surface area contributed by atoms with Crippen molar-refractivity contribution < 1.29 is 0 Å². The Morgan fingerprint density at radius 2 is 2.16 bits per heavy atom. The van der Waals surface area contributed by atoms with E-state index < -0.39 is 0 Å². The monoisotopic (exact) mass is 396 g/mol. The maximum Gasteiger partial charge on any atom is 0.191 e. The smallest absolute Gasteiger partial charge is 0.191 e. The van der Waals surface area contributed by atoms with E-state index >= 15 is 0 Å². The van der Waals surface area contributed by atoms with E-state index in [9.17, 15) is 0 Å². The molecule has 1 rings (SSSR count). The number of aliphatic imine (C=N–C) groups is 1. The minimum Gasteiger partial charge on any atom is -0.357 e. The number of nitrogens with one attached hydrogen (secondary N) is 2. The average Bonchev–Trinajstić information content (AvgIpc) is 2.88. The van der Waals surface area contributed by atoms with Crippen LogP contribution in [0.2, 0.25) is 0 Å². The molecule has 19 heavy (non-hydrogen) atoms. The van der Waals surface area contributed by atoms with Gasteiger partial charge in [-0.3, -0.25) is 0 Å². The third-order valence-electron chi connectivity index (χ3n) is 2.64. The summed E-state index contributed by atoms with van der Waals surface area (Å²) in [6, 6.07) is 4.18. The van der Waals surface area contributed by atoms with Gasteiger partial charge >= 0.3 is 0 Å². The highest BCUT2D eigenvalue weighted by Gasteiger charge is 1.99. The molecule has 0 aliphatic carbocycles. The van der Waals surface area contributed by atoms with Gasteiger partial charge in [-0.25, -0.2) is 4.99 Å². The van der Waals surface area contributed by atoms with E-state index in [1.54, 1.807) is 11.3 Å². The number of guanidine groups is 1. The first-order valence-corrected chi connectivity index (χ1v) is 7.37. The molecule has 0 aliphatic heterocycles. The number of nitrogens with zero attached hydrogens (tertiary/aromatic N) is 2. The van der Waals surface area contributed by atoms with Gasteiger partial charge in [0.25, 0.3) is 0 Å². The topological polar surface area (TPSA) is 39.7 Å². The third-order valence-corrected chi connectivity index (χ3v) is 3.50. The van der Waals surface area contributed by atoms with Gasteiger partial charge in [0.05, 0.1) is 6.54 Å². The van der Waals surface area contributed by atoms with Crippen LogP contribution in [0.3, 0.4) is 0 Å². The van der Waals surface area contributed by atoms with Crippen LogP contribution in [0.15, 0.2) is 22.5 Å². The normalized spacial score (nSPS) is 11.3. The van der Waals surface area contributed by atoms with Crippen LogP contribution in [0.4, 0.5) is 0 Å². The molecule has 110 valence electrons. The molecule has 0 radical (unpaired) electrons. The molecule has 0 aliphatic rings. The van der Waals surface area contributed by atoms with Gasteiger partial charge in [0.2, 0.25) is 0 Å². The van der Waals surface area contributed by atoms with Gasteiger partial charge in [-0.15, -0.1) is 35.3 Å². The van der Waals surface area contributed by atoms with Crippen LogP contribution in [0.1, 0.15) is 18.7 Å². The minimum atomic E-state index is 0. The second-order valence-corrected chi connectivity index (χ2v) is 5.13. The summed E-state index contributed by atoms with van der Waals surface area (Å²) in [5, 5.41) is 8.70. The fourth-order valence-corrected chi connectivity index (χ4v) is 2.05. The summed E-state index contributed by atoms with van der Waals surface area (Å²) in [6.07, 6.45) is 0. The maximum absolute atomic E-state index is 4.56. The maximum atomic E-state index is 4.56. The van der Waals surface area contributed by atoms with Crippen LogP contribution in [0.5, 0.6) is 0 Å². The fraction of sp³-hybridized carbons (Fsp3) is 0.615. The van der Waals surface area contributed by atoms with E-state index in [-0.39, 0.29) is 24.0 Å². The van der Waals surface area contributed by atoms with Crippen molar-refractivity contribution in [3.05, 3.63) is 22.4 Å². The van der Waals surface area contributed by atoms with Gasteiger partial charge in [-0.2, -0.15) is 0 Å². The first kappa shape index (κ1) is 18.7. The van der Waals surface area contributed by atoms with Crippen molar-refractivity contribution in [1.29, 1.82) is 0 Å². The van der Waals surface area contributed by atoms with Crippen molar-refractivity contribution in [1.82, 2.24) is 15.5 Å². The predicted octanol–water partition coefficient (Wildman–Crippen LogP) is 2.37. The van der Waals surface area contributed by atoms with Crippen LogP contribution < -0.4 is 10.6 Å². The van der Waals surface area contributed by atoms with Gasteiger partial charge in [-0.05, 0) is 32.0 Å². The van der Waals surface area contributed by atoms with Crippen molar-refractivity contribution in [2.45, 2.75) is 20.4 Å². The quantitative estimate of drug-likeness (QED) is 0.422. The Hall–Kier alpha value is -0.340. The van der Waals surface area contributed by atoms with Gasteiger partial charge in [0.15, 0.2) is 5.96 Å². The van der Waals surface area contributed by atoms with Gasteiger partial charge in [-0.1, -0.05) is 13.0 Å². The summed E-state index contributed by atoms with van der Waals surface area (Å²) < 4.78 is 0. The number of rotatable bonds is 7. The highest BCUT2D eigenvalue weighted by Crippen LogP contribution is 2.09. The highest BCUT2D eigenvalue weighted by molar-refractivity contribution is 14.0. The molecule has 0 bridgehead atoms. The second-order valence-electron chi connectivity index (χ2n) is 4.10. The van der Waals surface area contributed by atoms with Crippen molar-refractivity contribution in [2.75, 3.05) is 33.2 Å². The molecule has 1 aromatic heterocycles. The summed E-state index contributed by atoms with van der Waals surface area (Å²) in [5.41, 5.74) is 0. The van der Waals surface area contributed by atoms with E-state index in [1.165, 1.54) is 4.88 Å². The fourth-order valence-electron chi connectivity index (χ4n) is 1.42. The summed E-state index contributed by atoms with van der Waals surface area (Å²) in [6.45, 7) is 8.90. The van der Waals surface area contributed by atoms with E-state index in [0.29, 0.717) is 0 Å². The molecule has 0 spiro atoms. The Bertz CT molecular complexity index is 340. The molecule has 0 unspecified atom stereocenters. The van der Waals surface area contributed by atoms with Crippen LogP contribution in [-0.4, -0.2) is 44.1 Å². The molecule has 6 heteroatoms. The molecule has 0 aromatic carbocycles. The van der Waals surface area contributed by atoms with Gasteiger partial charge in [0.1, 0.15) is 0 Å². The minimum absolute atomic E-state index is 0. The van der Waals surface area contributed by atoms with Crippen LogP contribution in [0.25, 0.3) is 0 Å². The summed E-state index contributed by atoms with van der Waals surface area (Å²) in [5.74, 6) is 0.899. The van der Waals surface area contributed by atoms with Crippen LogP contribution in [0, 0.1) is 0 Å². The average molecular weight is 396 g/mol. The van der Waals surface area contributed by atoms with Crippen molar-refractivity contribution >= 4 is 41.3 Å². The Kier molecular flexibility index (Phi) is 11.3. The van der Waals surface area contributed by atoms with Crippen molar-refractivity contribution in [2.24, 2.45) is 4.99 Å². The Morgan fingerprint density at radius 3 is 2.74 bits per heavy atom. The van der Waals surface area contributed by atoms with E-state index in [2.05, 4.69) is 58.9 Å². The summed E-state index contributed by atoms with van der Waals surface area (Å²) in [7, 11) is 2.12. The largest absolute Gasteiger partial charge is 0.357 e. The lowest BCUT2D eigenvalue weighted by Crippen LogP contribution is -2.40. The molecule has 0 fully saturated rings. The van der Waals surface area contributed by atoms with E-state index in [0.717, 1.165) is 38.7 Å². The molecule has 0 saturated carbocycles. The first-order valence-electron chi connectivity index (χ1n) is 6.49. The predicted molar refractivity (Wildman–Crippen MR) is 95.7 cm³/mol. The van der Waals surface area contributed by atoms with Crippen LogP contribution >= 0.6 is 35.3 Å². The van der Waals surface area contributed by atoms with Crippen molar-refractivity contribution in [3.63, 3.8) is 0 Å². The lowest BCUT2D eigenvalue weighted by Gasteiger charge is -2.16. The molecular formula is C13H25IN4S. The number of halogens is 1. The third kappa shape index (κ3) is 8.43. The Morgan fingerprint density at radius 1 is 1.37 bits per heavy atom. The Balaban J connectivity index is 0.00000324. The number of thiophene rings is 1. The lowest BCUT2D eigenvalue weighted by molar-refractivity contribution is 0.357. The highest BCUT2D eigenvalue weighted by atomic mass is 127. The lowest BCUT2D eigenvalue weighted by atomic mass is 10.5. The second kappa shape index (κ2) is 11.5. The zero-order valence-corrected chi connectivity index (χ0v) is 15.1. The molecular weight excluding hydrogens is 371 g/mol. The first-order chi connectivity index (χ1) is 8.76. The molecule has 0 atom stereocenters.